The van der Waals surface area contributed by atoms with Crippen LogP contribution >= 0.6 is 0 Å². The van der Waals surface area contributed by atoms with Gasteiger partial charge in [0, 0.05) is 18.4 Å². The number of nitrogens with one attached hydrogen (secondary N) is 1. The highest BCUT2D eigenvalue weighted by Gasteiger charge is 2.15. The van der Waals surface area contributed by atoms with Crippen molar-refractivity contribution < 1.29 is 13.5 Å². The van der Waals surface area contributed by atoms with Gasteiger partial charge in [-0.15, -0.1) is 0 Å². The standard InChI is InChI=1S/C17H19F2NO/c1-12(14-7-5-8-15(18)17(14)19)20-16-9-4-3-6-13(16)10-11-21-2/h3-9,12,20H,10-11H2,1-2H3. The van der Waals surface area contributed by atoms with Crippen LogP contribution in [-0.4, -0.2) is 13.7 Å². The number of rotatable bonds is 6. The molecule has 2 aromatic carbocycles. The number of methoxy groups -OCH3 is 1. The maximum atomic E-state index is 13.8. The highest BCUT2D eigenvalue weighted by molar-refractivity contribution is 5.52. The second kappa shape index (κ2) is 7.18. The van der Waals surface area contributed by atoms with E-state index in [4.69, 9.17) is 4.74 Å². The minimum Gasteiger partial charge on any atom is -0.384 e. The molecule has 0 amide bonds. The van der Waals surface area contributed by atoms with E-state index in [1.807, 2.05) is 31.2 Å². The SMILES string of the molecule is COCCc1ccccc1NC(C)c1cccc(F)c1F. The molecule has 0 radical (unpaired) electrons. The summed E-state index contributed by atoms with van der Waals surface area (Å²) in [6.45, 7) is 2.42. The summed E-state index contributed by atoms with van der Waals surface area (Å²) in [5.41, 5.74) is 2.31. The molecule has 2 aromatic rings. The summed E-state index contributed by atoms with van der Waals surface area (Å²) >= 11 is 0. The van der Waals surface area contributed by atoms with Gasteiger partial charge in [0.15, 0.2) is 11.6 Å². The molecule has 0 saturated heterocycles. The van der Waals surface area contributed by atoms with Crippen LogP contribution in [0, 0.1) is 11.6 Å². The molecule has 0 aliphatic rings. The van der Waals surface area contributed by atoms with Crippen molar-refractivity contribution in [2.45, 2.75) is 19.4 Å². The molecule has 2 nitrogen and oxygen atoms in total. The van der Waals surface area contributed by atoms with Crippen molar-refractivity contribution in [3.05, 3.63) is 65.2 Å². The van der Waals surface area contributed by atoms with Gasteiger partial charge in [0.2, 0.25) is 0 Å². The summed E-state index contributed by atoms with van der Waals surface area (Å²) in [4.78, 5) is 0. The third kappa shape index (κ3) is 3.79. The van der Waals surface area contributed by atoms with Gasteiger partial charge in [-0.1, -0.05) is 30.3 Å². The summed E-state index contributed by atoms with van der Waals surface area (Å²) < 4.78 is 32.2. The summed E-state index contributed by atoms with van der Waals surface area (Å²) in [6.07, 6.45) is 0.762. The van der Waals surface area contributed by atoms with E-state index < -0.39 is 11.6 Å². The van der Waals surface area contributed by atoms with Crippen molar-refractivity contribution in [3.8, 4) is 0 Å². The second-order valence-electron chi connectivity index (χ2n) is 4.91. The number of benzene rings is 2. The molecule has 0 spiro atoms. The molecule has 0 aromatic heterocycles. The van der Waals surface area contributed by atoms with Gasteiger partial charge in [0.05, 0.1) is 12.6 Å². The number of para-hydroxylation sites is 1. The van der Waals surface area contributed by atoms with Crippen molar-refractivity contribution in [1.82, 2.24) is 0 Å². The maximum absolute atomic E-state index is 13.8. The van der Waals surface area contributed by atoms with Crippen LogP contribution in [0.2, 0.25) is 0 Å². The molecule has 0 saturated carbocycles. The molecule has 4 heteroatoms. The number of anilines is 1. The molecule has 1 unspecified atom stereocenters. The predicted octanol–water partition coefficient (Wildman–Crippen LogP) is 4.33. The van der Waals surface area contributed by atoms with Gasteiger partial charge in [-0.05, 0) is 31.0 Å². The first-order valence-corrected chi connectivity index (χ1v) is 6.90. The third-order valence-corrected chi connectivity index (χ3v) is 3.41. The lowest BCUT2D eigenvalue weighted by atomic mass is 10.1. The highest BCUT2D eigenvalue weighted by atomic mass is 19.2. The molecule has 0 aliphatic carbocycles. The Hall–Kier alpha value is -1.94. The van der Waals surface area contributed by atoms with Gasteiger partial charge in [-0.2, -0.15) is 0 Å². The second-order valence-corrected chi connectivity index (χ2v) is 4.91. The lowest BCUT2D eigenvalue weighted by Gasteiger charge is -2.19. The van der Waals surface area contributed by atoms with E-state index in [0.717, 1.165) is 23.7 Å². The van der Waals surface area contributed by atoms with Crippen LogP contribution in [0.1, 0.15) is 24.1 Å². The van der Waals surface area contributed by atoms with Crippen LogP contribution in [0.15, 0.2) is 42.5 Å². The van der Waals surface area contributed by atoms with Gasteiger partial charge < -0.3 is 10.1 Å². The Balaban J connectivity index is 2.19. The third-order valence-electron chi connectivity index (χ3n) is 3.41. The minimum absolute atomic E-state index is 0.316. The number of ether oxygens (including phenoxy) is 1. The lowest BCUT2D eigenvalue weighted by molar-refractivity contribution is 0.202. The average molecular weight is 291 g/mol. The van der Waals surface area contributed by atoms with Crippen LogP contribution in [0.3, 0.4) is 0 Å². The maximum Gasteiger partial charge on any atom is 0.164 e. The molecule has 0 heterocycles. The van der Waals surface area contributed by atoms with Crippen LogP contribution in [0.5, 0.6) is 0 Å². The van der Waals surface area contributed by atoms with Gasteiger partial charge >= 0.3 is 0 Å². The number of hydrogen-bond donors (Lipinski definition) is 1. The molecule has 0 fully saturated rings. The molecule has 1 atom stereocenters. The van der Waals surface area contributed by atoms with Crippen molar-refractivity contribution in [1.29, 1.82) is 0 Å². The summed E-state index contributed by atoms with van der Waals surface area (Å²) in [7, 11) is 1.65. The molecule has 0 aliphatic heterocycles. The van der Waals surface area contributed by atoms with Crippen molar-refractivity contribution in [3.63, 3.8) is 0 Å². The Morgan fingerprint density at radius 2 is 1.86 bits per heavy atom. The van der Waals surface area contributed by atoms with E-state index in [1.165, 1.54) is 6.07 Å². The normalized spacial score (nSPS) is 12.2. The fourth-order valence-electron chi connectivity index (χ4n) is 2.26. The predicted molar refractivity (Wildman–Crippen MR) is 80.4 cm³/mol. The first-order chi connectivity index (χ1) is 10.1. The number of halogens is 2. The first kappa shape index (κ1) is 15.4. The van der Waals surface area contributed by atoms with E-state index in [-0.39, 0.29) is 6.04 Å². The molecule has 0 bridgehead atoms. The molecular weight excluding hydrogens is 272 g/mol. The van der Waals surface area contributed by atoms with Gasteiger partial charge in [0.25, 0.3) is 0 Å². The molecule has 2 rings (SSSR count). The van der Waals surface area contributed by atoms with Crippen LogP contribution in [0.4, 0.5) is 14.5 Å². The Labute approximate surface area is 123 Å². The summed E-state index contributed by atoms with van der Waals surface area (Å²) in [5, 5.41) is 3.24. The fraction of sp³-hybridized carbons (Fsp3) is 0.294. The summed E-state index contributed by atoms with van der Waals surface area (Å²) in [6, 6.07) is 11.7. The van der Waals surface area contributed by atoms with E-state index in [9.17, 15) is 8.78 Å². The molecule has 112 valence electrons. The van der Waals surface area contributed by atoms with Gasteiger partial charge in [-0.25, -0.2) is 8.78 Å². The molecule has 21 heavy (non-hydrogen) atoms. The van der Waals surface area contributed by atoms with Crippen molar-refractivity contribution >= 4 is 5.69 Å². The highest BCUT2D eigenvalue weighted by Crippen LogP contribution is 2.25. The Kier molecular flexibility index (Phi) is 5.28. The quantitative estimate of drug-likeness (QED) is 0.855. The minimum atomic E-state index is -0.825. The van der Waals surface area contributed by atoms with E-state index in [0.29, 0.717) is 12.2 Å². The van der Waals surface area contributed by atoms with Gasteiger partial charge in [-0.3, -0.25) is 0 Å². The van der Waals surface area contributed by atoms with Crippen molar-refractivity contribution in [2.24, 2.45) is 0 Å². The Morgan fingerprint density at radius 1 is 1.10 bits per heavy atom. The Bertz CT molecular complexity index is 601. The average Bonchev–Trinajstić information content (AvgIpc) is 2.49. The monoisotopic (exact) mass is 291 g/mol. The van der Waals surface area contributed by atoms with Crippen molar-refractivity contribution in [2.75, 3.05) is 19.0 Å². The van der Waals surface area contributed by atoms with Crippen LogP contribution in [-0.2, 0) is 11.2 Å². The van der Waals surface area contributed by atoms with E-state index in [2.05, 4.69) is 5.32 Å². The lowest BCUT2D eigenvalue weighted by Crippen LogP contribution is -2.11. The van der Waals surface area contributed by atoms with E-state index in [1.54, 1.807) is 13.2 Å². The largest absolute Gasteiger partial charge is 0.384 e. The first-order valence-electron chi connectivity index (χ1n) is 6.90. The zero-order valence-corrected chi connectivity index (χ0v) is 12.2. The number of hydrogen-bond acceptors (Lipinski definition) is 2. The van der Waals surface area contributed by atoms with Gasteiger partial charge in [0.1, 0.15) is 0 Å². The van der Waals surface area contributed by atoms with Crippen LogP contribution in [0.25, 0.3) is 0 Å². The zero-order valence-electron chi connectivity index (χ0n) is 12.2. The summed E-state index contributed by atoms with van der Waals surface area (Å²) in [5.74, 6) is -1.62. The van der Waals surface area contributed by atoms with E-state index >= 15 is 0 Å². The molecular formula is C17H19F2NO. The Morgan fingerprint density at radius 3 is 2.62 bits per heavy atom. The molecule has 1 N–H and O–H groups in total. The zero-order chi connectivity index (χ0) is 15.2. The van der Waals surface area contributed by atoms with Crippen LogP contribution < -0.4 is 5.32 Å². The fourth-order valence-corrected chi connectivity index (χ4v) is 2.26. The topological polar surface area (TPSA) is 21.3 Å². The smallest absolute Gasteiger partial charge is 0.164 e.